The summed E-state index contributed by atoms with van der Waals surface area (Å²) in [5.41, 5.74) is 0.848. The molecule has 3 heterocycles. The van der Waals surface area contributed by atoms with Crippen LogP contribution in [0.2, 0.25) is 0 Å². The number of nitrogens with zero attached hydrogens (tertiary/aromatic N) is 4. The summed E-state index contributed by atoms with van der Waals surface area (Å²) in [6.07, 6.45) is 2.81. The van der Waals surface area contributed by atoms with Gasteiger partial charge in [-0.15, -0.1) is 10.2 Å². The highest BCUT2D eigenvalue weighted by atomic mass is 32.2. The minimum absolute atomic E-state index is 0.00458. The normalized spacial score (nSPS) is 17.4. The highest BCUT2D eigenvalue weighted by Gasteiger charge is 2.32. The molecule has 2 aromatic rings. The molecule has 130 valence electrons. The lowest BCUT2D eigenvalue weighted by Crippen LogP contribution is -2.39. The molecule has 1 atom stereocenters. The van der Waals surface area contributed by atoms with Crippen molar-refractivity contribution in [1.29, 1.82) is 0 Å². The van der Waals surface area contributed by atoms with Crippen molar-refractivity contribution in [3.8, 4) is 0 Å². The summed E-state index contributed by atoms with van der Waals surface area (Å²) in [7, 11) is 0. The maximum Gasteiger partial charge on any atom is 0.318 e. The molecule has 0 radical (unpaired) electrons. The zero-order chi connectivity index (χ0) is 16.9. The second-order valence-corrected chi connectivity index (χ2v) is 8.27. The third kappa shape index (κ3) is 4.27. The fraction of sp³-hybridized carbons (Fsp3) is 0.600. The average Bonchev–Trinajstić information content (AvgIpc) is 3.27. The van der Waals surface area contributed by atoms with Gasteiger partial charge in [-0.1, -0.05) is 28.3 Å². The molecule has 0 bridgehead atoms. The molecule has 24 heavy (non-hydrogen) atoms. The van der Waals surface area contributed by atoms with E-state index in [1.54, 1.807) is 23.1 Å². The number of carbonyl (C=O) groups excluding carboxylic acids is 1. The second kappa shape index (κ2) is 7.98. The van der Waals surface area contributed by atoms with E-state index in [9.17, 15) is 4.79 Å². The van der Waals surface area contributed by atoms with Crippen LogP contribution in [0.25, 0.3) is 0 Å². The van der Waals surface area contributed by atoms with Crippen molar-refractivity contribution in [3.05, 3.63) is 22.5 Å². The third-order valence-electron chi connectivity index (χ3n) is 3.82. The summed E-state index contributed by atoms with van der Waals surface area (Å²) in [6, 6.07) is 1.89. The monoisotopic (exact) mass is 367 g/mol. The number of hydrogen-bond donors (Lipinski definition) is 1. The fourth-order valence-corrected chi connectivity index (χ4v) is 4.54. The Kier molecular flexibility index (Phi) is 5.72. The molecule has 7 nitrogen and oxygen atoms in total. The van der Waals surface area contributed by atoms with E-state index >= 15 is 0 Å². The standard InChI is InChI=1S/C15H21N5O2S2/c1-10-9-13(22-19-10)12-5-3-7-20(12)14(21)16-6-4-8-23-15-18-17-11(2)24-15/h9,12H,3-8H2,1-2H3,(H,16,21). The van der Waals surface area contributed by atoms with E-state index in [1.807, 2.05) is 24.8 Å². The number of rotatable bonds is 6. The van der Waals surface area contributed by atoms with E-state index in [-0.39, 0.29) is 12.1 Å². The molecular formula is C15H21N5O2S2. The Labute approximate surface area is 149 Å². The molecule has 3 rings (SSSR count). The van der Waals surface area contributed by atoms with Crippen molar-refractivity contribution < 1.29 is 9.32 Å². The van der Waals surface area contributed by atoms with Crippen molar-refractivity contribution in [2.75, 3.05) is 18.8 Å². The maximum atomic E-state index is 12.4. The van der Waals surface area contributed by atoms with E-state index in [1.165, 1.54) is 0 Å². The van der Waals surface area contributed by atoms with Gasteiger partial charge >= 0.3 is 6.03 Å². The van der Waals surface area contributed by atoms with Gasteiger partial charge in [0, 0.05) is 24.9 Å². The number of carbonyl (C=O) groups is 1. The van der Waals surface area contributed by atoms with E-state index < -0.39 is 0 Å². The van der Waals surface area contributed by atoms with E-state index in [0.717, 1.165) is 52.4 Å². The largest absolute Gasteiger partial charge is 0.359 e. The van der Waals surface area contributed by atoms with Gasteiger partial charge in [-0.25, -0.2) is 4.79 Å². The first kappa shape index (κ1) is 17.2. The van der Waals surface area contributed by atoms with Crippen LogP contribution in [-0.2, 0) is 0 Å². The Morgan fingerprint density at radius 1 is 1.50 bits per heavy atom. The predicted molar refractivity (Wildman–Crippen MR) is 93.3 cm³/mol. The molecule has 2 amide bonds. The van der Waals surface area contributed by atoms with Crippen LogP contribution in [0.15, 0.2) is 14.9 Å². The van der Waals surface area contributed by atoms with Crippen molar-refractivity contribution in [3.63, 3.8) is 0 Å². The summed E-state index contributed by atoms with van der Waals surface area (Å²) < 4.78 is 6.32. The quantitative estimate of drug-likeness (QED) is 0.623. The minimum atomic E-state index is -0.0247. The topological polar surface area (TPSA) is 84.2 Å². The summed E-state index contributed by atoms with van der Waals surface area (Å²) in [6.45, 7) is 5.26. The van der Waals surface area contributed by atoms with Crippen molar-refractivity contribution in [2.24, 2.45) is 0 Å². The Hall–Kier alpha value is -1.61. The van der Waals surface area contributed by atoms with Gasteiger partial charge in [0.2, 0.25) is 0 Å². The number of aromatic nitrogens is 3. The molecule has 1 N–H and O–H groups in total. The smallest absolute Gasteiger partial charge is 0.318 e. The van der Waals surface area contributed by atoms with Crippen LogP contribution in [-0.4, -0.2) is 45.1 Å². The lowest BCUT2D eigenvalue weighted by molar-refractivity contribution is 0.182. The first-order valence-electron chi connectivity index (χ1n) is 8.04. The van der Waals surface area contributed by atoms with Gasteiger partial charge in [0.15, 0.2) is 10.1 Å². The number of hydrogen-bond acceptors (Lipinski definition) is 7. The Morgan fingerprint density at radius 3 is 3.08 bits per heavy atom. The molecule has 1 unspecified atom stereocenters. The number of thioether (sulfide) groups is 1. The van der Waals surface area contributed by atoms with Crippen LogP contribution in [0.1, 0.15) is 41.8 Å². The van der Waals surface area contributed by atoms with Crippen LogP contribution < -0.4 is 5.32 Å². The highest BCUT2D eigenvalue weighted by Crippen LogP contribution is 2.32. The molecule has 0 saturated carbocycles. The Bertz CT molecular complexity index is 687. The first-order chi connectivity index (χ1) is 11.6. The van der Waals surface area contributed by atoms with E-state index in [0.29, 0.717) is 6.54 Å². The maximum absolute atomic E-state index is 12.4. The molecule has 1 saturated heterocycles. The number of aryl methyl sites for hydroxylation is 2. The summed E-state index contributed by atoms with van der Waals surface area (Å²) in [4.78, 5) is 14.2. The number of likely N-dealkylation sites (tertiary alicyclic amines) is 1. The van der Waals surface area contributed by atoms with Crippen molar-refractivity contribution in [2.45, 2.75) is 43.5 Å². The van der Waals surface area contributed by atoms with Gasteiger partial charge in [-0.2, -0.15) is 0 Å². The summed E-state index contributed by atoms with van der Waals surface area (Å²) in [5.74, 6) is 1.70. The molecular weight excluding hydrogens is 346 g/mol. The number of amides is 2. The molecule has 0 aliphatic carbocycles. The van der Waals surface area contributed by atoms with Crippen molar-refractivity contribution in [1.82, 2.24) is 25.6 Å². The Balaban J connectivity index is 1.41. The summed E-state index contributed by atoms with van der Waals surface area (Å²) >= 11 is 3.28. The number of nitrogens with one attached hydrogen (secondary N) is 1. The molecule has 0 aromatic carbocycles. The molecule has 9 heteroatoms. The third-order valence-corrected chi connectivity index (χ3v) is 5.88. The average molecular weight is 368 g/mol. The molecule has 1 aliphatic rings. The lowest BCUT2D eigenvalue weighted by atomic mass is 10.1. The molecule has 0 spiro atoms. The van der Waals surface area contributed by atoms with Crippen LogP contribution >= 0.6 is 23.1 Å². The van der Waals surface area contributed by atoms with Gasteiger partial charge in [0.1, 0.15) is 5.01 Å². The van der Waals surface area contributed by atoms with Gasteiger partial charge in [0.05, 0.1) is 11.7 Å². The predicted octanol–water partition coefficient (Wildman–Crippen LogP) is 3.17. The van der Waals surface area contributed by atoms with Gasteiger partial charge < -0.3 is 14.7 Å². The van der Waals surface area contributed by atoms with Crippen LogP contribution in [0.5, 0.6) is 0 Å². The van der Waals surface area contributed by atoms with Crippen LogP contribution in [0.3, 0.4) is 0 Å². The minimum Gasteiger partial charge on any atom is -0.359 e. The highest BCUT2D eigenvalue weighted by molar-refractivity contribution is 8.01. The SMILES string of the molecule is Cc1cc(C2CCCN2C(=O)NCCCSc2nnc(C)s2)on1. The first-order valence-corrected chi connectivity index (χ1v) is 9.84. The van der Waals surface area contributed by atoms with Crippen LogP contribution in [0, 0.1) is 13.8 Å². The van der Waals surface area contributed by atoms with Crippen molar-refractivity contribution >= 4 is 29.1 Å². The number of urea groups is 1. The zero-order valence-corrected chi connectivity index (χ0v) is 15.5. The molecule has 1 fully saturated rings. The second-order valence-electron chi connectivity index (χ2n) is 5.74. The molecule has 1 aliphatic heterocycles. The van der Waals surface area contributed by atoms with E-state index in [2.05, 4.69) is 20.7 Å². The fourth-order valence-electron chi connectivity index (χ4n) is 2.71. The van der Waals surface area contributed by atoms with Crippen LogP contribution in [0.4, 0.5) is 4.79 Å². The van der Waals surface area contributed by atoms with E-state index in [4.69, 9.17) is 4.52 Å². The Morgan fingerprint density at radius 2 is 2.38 bits per heavy atom. The van der Waals surface area contributed by atoms with Gasteiger partial charge in [0.25, 0.3) is 0 Å². The zero-order valence-electron chi connectivity index (χ0n) is 13.8. The molecule has 2 aromatic heterocycles. The van der Waals surface area contributed by atoms with Gasteiger partial charge in [-0.3, -0.25) is 0 Å². The van der Waals surface area contributed by atoms with Gasteiger partial charge in [-0.05, 0) is 33.1 Å². The summed E-state index contributed by atoms with van der Waals surface area (Å²) in [5, 5.41) is 16.0. The lowest BCUT2D eigenvalue weighted by Gasteiger charge is -2.23.